The van der Waals surface area contributed by atoms with Gasteiger partial charge in [-0.15, -0.1) is 0 Å². The molecule has 5 heteroatoms. The van der Waals surface area contributed by atoms with E-state index in [-0.39, 0.29) is 11.8 Å². The summed E-state index contributed by atoms with van der Waals surface area (Å²) in [5.41, 5.74) is 1.17. The Kier molecular flexibility index (Phi) is 4.17. The molecule has 2 N–H and O–H groups in total. The number of nitrogens with one attached hydrogen (secondary N) is 1. The zero-order valence-corrected chi connectivity index (χ0v) is 11.6. The highest BCUT2D eigenvalue weighted by Crippen LogP contribution is 2.29. The van der Waals surface area contributed by atoms with E-state index < -0.39 is 5.82 Å². The molecule has 0 saturated heterocycles. The summed E-state index contributed by atoms with van der Waals surface area (Å²) in [6, 6.07) is 8.58. The molecule has 0 bridgehead atoms. The number of benzene rings is 2. The molecule has 0 aliphatic rings. The monoisotopic (exact) mass is 299 g/mol. The van der Waals surface area contributed by atoms with Gasteiger partial charge in [0, 0.05) is 21.3 Å². The third kappa shape index (κ3) is 3.52. The molecular weight excluding hydrogens is 288 g/mol. The van der Waals surface area contributed by atoms with Crippen LogP contribution in [0.2, 0.25) is 10.0 Å². The van der Waals surface area contributed by atoms with Gasteiger partial charge in [-0.3, -0.25) is 0 Å². The van der Waals surface area contributed by atoms with Gasteiger partial charge in [-0.05, 0) is 43.3 Å². The Hall–Kier alpha value is -1.45. The number of phenolic OH excluding ortho intramolecular Hbond substituents is 1. The first-order chi connectivity index (χ1) is 8.95. The highest BCUT2D eigenvalue weighted by molar-refractivity contribution is 6.35. The molecule has 19 heavy (non-hydrogen) atoms. The van der Waals surface area contributed by atoms with Crippen LogP contribution in [0.3, 0.4) is 0 Å². The fraction of sp³-hybridized carbons (Fsp3) is 0.143. The van der Waals surface area contributed by atoms with E-state index in [0.29, 0.717) is 21.3 Å². The molecule has 2 aromatic rings. The molecule has 1 atom stereocenters. The minimum Gasteiger partial charge on any atom is -0.508 e. The highest BCUT2D eigenvalue weighted by Gasteiger charge is 2.12. The average molecular weight is 300 g/mol. The molecule has 0 heterocycles. The van der Waals surface area contributed by atoms with Gasteiger partial charge in [0.1, 0.15) is 11.6 Å². The van der Waals surface area contributed by atoms with E-state index in [1.165, 1.54) is 18.2 Å². The number of rotatable bonds is 3. The van der Waals surface area contributed by atoms with Crippen LogP contribution in [0.15, 0.2) is 36.4 Å². The second-order valence-electron chi connectivity index (χ2n) is 4.23. The van der Waals surface area contributed by atoms with Gasteiger partial charge in [0.05, 0.1) is 6.04 Å². The van der Waals surface area contributed by atoms with Crippen molar-refractivity contribution >= 4 is 28.9 Å². The van der Waals surface area contributed by atoms with Crippen molar-refractivity contribution in [1.82, 2.24) is 0 Å². The van der Waals surface area contributed by atoms with Crippen LogP contribution in [0.5, 0.6) is 5.75 Å². The Labute approximate surface area is 120 Å². The zero-order valence-electron chi connectivity index (χ0n) is 10.1. The van der Waals surface area contributed by atoms with Crippen LogP contribution in [0.4, 0.5) is 10.1 Å². The minimum absolute atomic E-state index is 0.0366. The fourth-order valence-electron chi connectivity index (χ4n) is 1.84. The summed E-state index contributed by atoms with van der Waals surface area (Å²) in [5, 5.41) is 13.9. The summed E-state index contributed by atoms with van der Waals surface area (Å²) >= 11 is 11.8. The van der Waals surface area contributed by atoms with Crippen LogP contribution >= 0.6 is 23.2 Å². The molecule has 2 aromatic carbocycles. The van der Waals surface area contributed by atoms with E-state index in [4.69, 9.17) is 23.2 Å². The Morgan fingerprint density at radius 2 is 1.74 bits per heavy atom. The van der Waals surface area contributed by atoms with Crippen LogP contribution in [0.1, 0.15) is 18.5 Å². The standard InChI is InChI=1S/C14H12Cl2FNO/c1-8(13-7-11(17)2-3-14(13)19)18-12-5-9(15)4-10(16)6-12/h2-8,18-19H,1H3. The minimum atomic E-state index is -0.398. The first kappa shape index (κ1) is 14.0. The van der Waals surface area contributed by atoms with Crippen molar-refractivity contribution in [3.63, 3.8) is 0 Å². The Bertz CT molecular complexity index is 584. The predicted molar refractivity (Wildman–Crippen MR) is 76.6 cm³/mol. The fourth-order valence-corrected chi connectivity index (χ4v) is 2.36. The second-order valence-corrected chi connectivity index (χ2v) is 5.10. The normalized spacial score (nSPS) is 12.2. The summed E-state index contributed by atoms with van der Waals surface area (Å²) in [7, 11) is 0. The molecule has 1 unspecified atom stereocenters. The lowest BCUT2D eigenvalue weighted by molar-refractivity contribution is 0.462. The zero-order chi connectivity index (χ0) is 14.0. The van der Waals surface area contributed by atoms with Crippen molar-refractivity contribution in [2.45, 2.75) is 13.0 Å². The van der Waals surface area contributed by atoms with E-state index in [2.05, 4.69) is 5.32 Å². The van der Waals surface area contributed by atoms with Crippen LogP contribution in [-0.4, -0.2) is 5.11 Å². The van der Waals surface area contributed by atoms with E-state index in [1.54, 1.807) is 18.2 Å². The summed E-state index contributed by atoms with van der Waals surface area (Å²) in [4.78, 5) is 0. The van der Waals surface area contributed by atoms with Crippen LogP contribution in [0.25, 0.3) is 0 Å². The van der Waals surface area contributed by atoms with Crippen molar-refractivity contribution in [2.24, 2.45) is 0 Å². The molecule has 0 saturated carbocycles. The molecule has 0 radical (unpaired) electrons. The molecule has 100 valence electrons. The molecule has 2 nitrogen and oxygen atoms in total. The number of hydrogen-bond acceptors (Lipinski definition) is 2. The molecule has 0 aromatic heterocycles. The van der Waals surface area contributed by atoms with Gasteiger partial charge in [0.25, 0.3) is 0 Å². The second kappa shape index (κ2) is 5.68. The molecule has 0 amide bonds. The van der Waals surface area contributed by atoms with Gasteiger partial charge in [-0.2, -0.15) is 0 Å². The van der Waals surface area contributed by atoms with E-state index in [9.17, 15) is 9.50 Å². The number of anilines is 1. The number of halogens is 3. The van der Waals surface area contributed by atoms with Crippen molar-refractivity contribution in [3.05, 3.63) is 57.8 Å². The quantitative estimate of drug-likeness (QED) is 0.835. The van der Waals surface area contributed by atoms with Gasteiger partial charge >= 0.3 is 0 Å². The smallest absolute Gasteiger partial charge is 0.123 e. The summed E-state index contributed by atoms with van der Waals surface area (Å²) < 4.78 is 13.2. The van der Waals surface area contributed by atoms with Crippen LogP contribution < -0.4 is 5.32 Å². The maximum absolute atomic E-state index is 13.2. The lowest BCUT2D eigenvalue weighted by Gasteiger charge is -2.17. The third-order valence-corrected chi connectivity index (χ3v) is 3.14. The van der Waals surface area contributed by atoms with Gasteiger partial charge in [-0.1, -0.05) is 23.2 Å². The third-order valence-electron chi connectivity index (χ3n) is 2.70. The Balaban J connectivity index is 2.25. The topological polar surface area (TPSA) is 32.3 Å². The summed E-state index contributed by atoms with van der Waals surface area (Å²) in [6.45, 7) is 1.81. The molecule has 0 fully saturated rings. The van der Waals surface area contributed by atoms with Gasteiger partial charge < -0.3 is 10.4 Å². The maximum Gasteiger partial charge on any atom is 0.123 e. The summed E-state index contributed by atoms with van der Waals surface area (Å²) in [6.07, 6.45) is 0. The SMILES string of the molecule is CC(Nc1cc(Cl)cc(Cl)c1)c1cc(F)ccc1O. The molecular formula is C14H12Cl2FNO. The lowest BCUT2D eigenvalue weighted by Crippen LogP contribution is -2.07. The molecule has 0 aliphatic heterocycles. The first-order valence-corrected chi connectivity index (χ1v) is 6.42. The van der Waals surface area contributed by atoms with E-state index >= 15 is 0 Å². The van der Waals surface area contributed by atoms with Gasteiger partial charge in [0.15, 0.2) is 0 Å². The lowest BCUT2D eigenvalue weighted by atomic mass is 10.1. The van der Waals surface area contributed by atoms with Gasteiger partial charge in [0.2, 0.25) is 0 Å². The Morgan fingerprint density at radius 1 is 1.11 bits per heavy atom. The van der Waals surface area contributed by atoms with Crippen LogP contribution in [0, 0.1) is 5.82 Å². The number of aromatic hydroxyl groups is 1. The molecule has 0 spiro atoms. The number of hydrogen-bond donors (Lipinski definition) is 2. The van der Waals surface area contributed by atoms with Crippen molar-refractivity contribution in [3.8, 4) is 5.75 Å². The number of phenols is 1. The predicted octanol–water partition coefficient (Wildman–Crippen LogP) is 5.01. The van der Waals surface area contributed by atoms with Crippen molar-refractivity contribution in [1.29, 1.82) is 0 Å². The highest BCUT2D eigenvalue weighted by atomic mass is 35.5. The van der Waals surface area contributed by atoms with Crippen LogP contribution in [-0.2, 0) is 0 Å². The largest absolute Gasteiger partial charge is 0.508 e. The summed E-state index contributed by atoms with van der Waals surface area (Å²) in [5.74, 6) is -0.361. The molecule has 0 aliphatic carbocycles. The van der Waals surface area contributed by atoms with E-state index in [0.717, 1.165) is 0 Å². The maximum atomic E-state index is 13.2. The van der Waals surface area contributed by atoms with E-state index in [1.807, 2.05) is 6.92 Å². The Morgan fingerprint density at radius 3 is 2.37 bits per heavy atom. The van der Waals surface area contributed by atoms with Crippen molar-refractivity contribution in [2.75, 3.05) is 5.32 Å². The van der Waals surface area contributed by atoms with Gasteiger partial charge in [-0.25, -0.2) is 4.39 Å². The first-order valence-electron chi connectivity index (χ1n) is 5.67. The van der Waals surface area contributed by atoms with Crippen molar-refractivity contribution < 1.29 is 9.50 Å². The average Bonchev–Trinajstić information content (AvgIpc) is 2.30. The molecule has 2 rings (SSSR count).